The number of hydrogen-bond donors (Lipinski definition) is 1. The Morgan fingerprint density at radius 2 is 1.97 bits per heavy atom. The molecule has 3 aromatic heterocycles. The van der Waals surface area contributed by atoms with Crippen molar-refractivity contribution in [3.8, 4) is 0 Å². The topological polar surface area (TPSA) is 97.5 Å². The van der Waals surface area contributed by atoms with Gasteiger partial charge in [0.2, 0.25) is 0 Å². The standard InChI is InChI=1S/C28H24N4O4/c1-36-26(33)17-25(21-6-3-14-29-18-21)31-16-13-23-19(5-2-8-24(23)31)9-11-22-12-10-20-7-4-15-32(28(34)35)27(20)30-22/h2-3,5-6,8-14,16-18H,4,7,15H2,1H3,(H,34,35). The number of esters is 1. The molecule has 4 aromatic rings. The fourth-order valence-corrected chi connectivity index (χ4v) is 4.43. The third-order valence-electron chi connectivity index (χ3n) is 6.16. The van der Waals surface area contributed by atoms with E-state index in [1.807, 2.05) is 71.4 Å². The lowest BCUT2D eigenvalue weighted by molar-refractivity contribution is -0.134. The lowest BCUT2D eigenvalue weighted by atomic mass is 10.0. The van der Waals surface area contributed by atoms with E-state index in [4.69, 9.17) is 4.74 Å². The summed E-state index contributed by atoms with van der Waals surface area (Å²) in [6.07, 6.45) is 11.2. The molecule has 0 atom stereocenters. The first-order valence-electron chi connectivity index (χ1n) is 11.5. The molecule has 1 amide bonds. The molecular formula is C28H24N4O4. The Kier molecular flexibility index (Phi) is 6.32. The number of carbonyl (C=O) groups is 2. The number of fused-ring (bicyclic) bond motifs is 2. The molecule has 0 saturated heterocycles. The number of rotatable bonds is 5. The van der Waals surface area contributed by atoms with Crippen molar-refractivity contribution in [2.45, 2.75) is 12.8 Å². The minimum atomic E-state index is -0.986. The van der Waals surface area contributed by atoms with E-state index >= 15 is 0 Å². The molecule has 0 fully saturated rings. The van der Waals surface area contributed by atoms with Crippen LogP contribution in [0.25, 0.3) is 28.8 Å². The Labute approximate surface area is 207 Å². The van der Waals surface area contributed by atoms with Crippen LogP contribution in [0.15, 0.2) is 73.2 Å². The third-order valence-corrected chi connectivity index (χ3v) is 6.16. The summed E-state index contributed by atoms with van der Waals surface area (Å²) in [6.45, 7) is 0.452. The van der Waals surface area contributed by atoms with Gasteiger partial charge in [-0.25, -0.2) is 14.6 Å². The van der Waals surface area contributed by atoms with E-state index in [9.17, 15) is 14.7 Å². The molecule has 1 aliphatic heterocycles. The summed E-state index contributed by atoms with van der Waals surface area (Å²) in [6, 6.07) is 15.5. The van der Waals surface area contributed by atoms with E-state index in [2.05, 4.69) is 9.97 Å². The van der Waals surface area contributed by atoms with Crippen LogP contribution in [0.3, 0.4) is 0 Å². The predicted molar refractivity (Wildman–Crippen MR) is 138 cm³/mol. The summed E-state index contributed by atoms with van der Waals surface area (Å²) >= 11 is 0. The normalized spacial score (nSPS) is 13.7. The fourth-order valence-electron chi connectivity index (χ4n) is 4.43. The number of pyridine rings is 2. The van der Waals surface area contributed by atoms with Gasteiger partial charge in [-0.15, -0.1) is 0 Å². The molecule has 8 heteroatoms. The van der Waals surface area contributed by atoms with Gasteiger partial charge in [-0.3, -0.25) is 9.88 Å². The highest BCUT2D eigenvalue weighted by molar-refractivity contribution is 5.97. The maximum Gasteiger partial charge on any atom is 0.413 e. The number of carboxylic acid groups (broad SMARTS) is 1. The largest absolute Gasteiger partial charge is 0.466 e. The van der Waals surface area contributed by atoms with Crippen LogP contribution in [-0.2, 0) is 16.0 Å². The smallest absolute Gasteiger partial charge is 0.413 e. The number of ether oxygens (including phenoxy) is 1. The molecule has 0 bridgehead atoms. The van der Waals surface area contributed by atoms with Crippen LogP contribution in [0.5, 0.6) is 0 Å². The van der Waals surface area contributed by atoms with Crippen LogP contribution in [0, 0.1) is 0 Å². The van der Waals surface area contributed by atoms with E-state index in [1.54, 1.807) is 12.4 Å². The zero-order chi connectivity index (χ0) is 25.1. The Morgan fingerprint density at radius 3 is 2.75 bits per heavy atom. The molecular weight excluding hydrogens is 456 g/mol. The van der Waals surface area contributed by atoms with Gasteiger partial charge >= 0.3 is 12.1 Å². The van der Waals surface area contributed by atoms with Gasteiger partial charge in [-0.05, 0) is 60.4 Å². The van der Waals surface area contributed by atoms with Crippen LogP contribution in [0.4, 0.5) is 10.6 Å². The number of anilines is 1. The second-order valence-electron chi connectivity index (χ2n) is 8.35. The van der Waals surface area contributed by atoms with Gasteiger partial charge in [0.05, 0.1) is 24.0 Å². The van der Waals surface area contributed by atoms with Gasteiger partial charge < -0.3 is 14.4 Å². The maximum absolute atomic E-state index is 12.1. The van der Waals surface area contributed by atoms with Crippen molar-refractivity contribution in [2.24, 2.45) is 0 Å². The first-order chi connectivity index (χ1) is 17.5. The molecule has 1 aromatic carbocycles. The summed E-state index contributed by atoms with van der Waals surface area (Å²) in [7, 11) is 1.35. The zero-order valence-corrected chi connectivity index (χ0v) is 19.7. The Morgan fingerprint density at radius 1 is 1.08 bits per heavy atom. The molecule has 0 radical (unpaired) electrons. The monoisotopic (exact) mass is 480 g/mol. The first kappa shape index (κ1) is 23.0. The van der Waals surface area contributed by atoms with E-state index < -0.39 is 12.1 Å². The number of carbonyl (C=O) groups excluding carboxylic acids is 1. The first-order valence-corrected chi connectivity index (χ1v) is 11.5. The van der Waals surface area contributed by atoms with Gasteiger partial charge in [0.15, 0.2) is 0 Å². The number of hydrogen-bond acceptors (Lipinski definition) is 5. The van der Waals surface area contributed by atoms with Crippen molar-refractivity contribution < 1.29 is 19.4 Å². The second-order valence-corrected chi connectivity index (χ2v) is 8.35. The van der Waals surface area contributed by atoms with Crippen LogP contribution >= 0.6 is 0 Å². The second kappa shape index (κ2) is 9.87. The van der Waals surface area contributed by atoms with Gasteiger partial charge in [0.1, 0.15) is 5.82 Å². The summed E-state index contributed by atoms with van der Waals surface area (Å²) in [5.74, 6) is 0.0509. The molecule has 36 heavy (non-hydrogen) atoms. The van der Waals surface area contributed by atoms with Crippen LogP contribution < -0.4 is 4.90 Å². The van der Waals surface area contributed by atoms with E-state index in [1.165, 1.54) is 18.1 Å². The minimum Gasteiger partial charge on any atom is -0.466 e. The number of methoxy groups -OCH3 is 1. The Balaban J connectivity index is 1.53. The molecule has 8 nitrogen and oxygen atoms in total. The highest BCUT2D eigenvalue weighted by Gasteiger charge is 2.23. The SMILES string of the molecule is COC(=O)C=C(c1cccnc1)n1ccc2c(C=Cc3ccc4c(n3)N(C(=O)O)CCC4)cccc21. The average molecular weight is 481 g/mol. The molecule has 4 heterocycles. The van der Waals surface area contributed by atoms with Crippen LogP contribution in [0.1, 0.15) is 28.8 Å². The maximum atomic E-state index is 12.1. The molecule has 1 N–H and O–H groups in total. The van der Waals surface area contributed by atoms with Gasteiger partial charge in [-0.2, -0.15) is 0 Å². The molecule has 0 spiro atoms. The lowest BCUT2D eigenvalue weighted by Gasteiger charge is -2.25. The molecule has 0 unspecified atom stereocenters. The number of aryl methyl sites for hydroxylation is 1. The van der Waals surface area contributed by atoms with Gasteiger partial charge in [-0.1, -0.05) is 24.3 Å². The molecule has 0 aliphatic carbocycles. The van der Waals surface area contributed by atoms with Crippen molar-refractivity contribution in [2.75, 3.05) is 18.6 Å². The Hall–Kier alpha value is -4.72. The summed E-state index contributed by atoms with van der Waals surface area (Å²) in [5, 5.41) is 10.5. The van der Waals surface area contributed by atoms with E-state index in [0.717, 1.165) is 40.4 Å². The van der Waals surface area contributed by atoms with Gasteiger partial charge in [0.25, 0.3) is 0 Å². The lowest BCUT2D eigenvalue weighted by Crippen LogP contribution is -2.35. The minimum absolute atomic E-state index is 0.452. The van der Waals surface area contributed by atoms with E-state index in [-0.39, 0.29) is 0 Å². The van der Waals surface area contributed by atoms with Crippen molar-refractivity contribution in [3.05, 3.63) is 95.6 Å². The van der Waals surface area contributed by atoms with Crippen molar-refractivity contribution in [1.29, 1.82) is 0 Å². The zero-order valence-electron chi connectivity index (χ0n) is 19.7. The van der Waals surface area contributed by atoms with Crippen molar-refractivity contribution in [1.82, 2.24) is 14.5 Å². The molecule has 0 saturated carbocycles. The highest BCUT2D eigenvalue weighted by Crippen LogP contribution is 2.29. The third kappa shape index (κ3) is 4.48. The predicted octanol–water partition coefficient (Wildman–Crippen LogP) is 5.09. The number of aromatic nitrogens is 3. The number of nitrogens with zero attached hydrogens (tertiary/aromatic N) is 4. The van der Waals surface area contributed by atoms with Crippen molar-refractivity contribution in [3.63, 3.8) is 0 Å². The number of amides is 1. The highest BCUT2D eigenvalue weighted by atomic mass is 16.5. The summed E-state index contributed by atoms with van der Waals surface area (Å²) in [5.41, 5.74) is 4.93. The fraction of sp³-hybridized carbons (Fsp3) is 0.143. The van der Waals surface area contributed by atoms with E-state index in [0.29, 0.717) is 23.8 Å². The molecule has 180 valence electrons. The van der Waals surface area contributed by atoms with Gasteiger partial charge in [0, 0.05) is 42.2 Å². The van der Waals surface area contributed by atoms with Crippen molar-refractivity contribution >= 4 is 46.6 Å². The summed E-state index contributed by atoms with van der Waals surface area (Å²) in [4.78, 5) is 33.9. The Bertz CT molecular complexity index is 1500. The summed E-state index contributed by atoms with van der Waals surface area (Å²) < 4.78 is 6.81. The van der Waals surface area contributed by atoms with Crippen LogP contribution in [-0.4, -0.2) is 45.4 Å². The quantitative estimate of drug-likeness (QED) is 0.316. The molecule has 5 rings (SSSR count). The molecule has 1 aliphatic rings. The van der Waals surface area contributed by atoms with Crippen LogP contribution in [0.2, 0.25) is 0 Å². The average Bonchev–Trinajstić information content (AvgIpc) is 3.34. The number of benzene rings is 1.